The van der Waals surface area contributed by atoms with Gasteiger partial charge < -0.3 is 10.2 Å². The summed E-state index contributed by atoms with van der Waals surface area (Å²) in [7, 11) is 0. The van der Waals surface area contributed by atoms with Crippen molar-refractivity contribution in [2.24, 2.45) is 5.73 Å². The van der Waals surface area contributed by atoms with Gasteiger partial charge in [0.25, 0.3) is 0 Å². The minimum Gasteiger partial charge on any atom is -0.466 e. The van der Waals surface area contributed by atoms with Gasteiger partial charge in [-0.25, -0.2) is 4.98 Å². The molecule has 0 radical (unpaired) electrons. The van der Waals surface area contributed by atoms with Crippen LogP contribution in [-0.4, -0.2) is 4.98 Å². The van der Waals surface area contributed by atoms with Crippen molar-refractivity contribution in [3.05, 3.63) is 38.6 Å². The molecule has 0 saturated heterocycles. The molecule has 0 aromatic carbocycles. The van der Waals surface area contributed by atoms with E-state index in [4.69, 9.17) is 10.2 Å². The number of furan rings is 1. The van der Waals surface area contributed by atoms with E-state index >= 15 is 0 Å². The van der Waals surface area contributed by atoms with Crippen molar-refractivity contribution in [2.75, 3.05) is 0 Å². The zero-order valence-corrected chi connectivity index (χ0v) is 10.6. The third kappa shape index (κ3) is 2.48. The predicted octanol–water partition coefficient (Wildman–Crippen LogP) is 3.05. The molecule has 2 rings (SSSR count). The second-order valence-corrected chi connectivity index (χ2v) is 5.12. The Bertz CT molecular complexity index is 452. The maximum absolute atomic E-state index is 6.02. The lowest BCUT2D eigenvalue weighted by Crippen LogP contribution is -2.12. The quantitative estimate of drug-likeness (QED) is 0.944. The molecule has 80 valence electrons. The van der Waals surface area contributed by atoms with Crippen LogP contribution in [0.1, 0.15) is 22.5 Å². The summed E-state index contributed by atoms with van der Waals surface area (Å²) in [5.74, 6) is 0.780. The SMILES string of the molecule is Cc1csc(CC(N)c2occc2Br)n1. The van der Waals surface area contributed by atoms with E-state index in [0.717, 1.165) is 20.9 Å². The van der Waals surface area contributed by atoms with Gasteiger partial charge in [0.1, 0.15) is 5.76 Å². The highest BCUT2D eigenvalue weighted by Crippen LogP contribution is 2.26. The van der Waals surface area contributed by atoms with Crippen molar-refractivity contribution < 1.29 is 4.42 Å². The van der Waals surface area contributed by atoms with Crippen molar-refractivity contribution in [3.8, 4) is 0 Å². The number of hydrogen-bond donors (Lipinski definition) is 1. The molecule has 0 aliphatic carbocycles. The molecular formula is C10H11BrN2OS. The summed E-state index contributed by atoms with van der Waals surface area (Å²) in [5.41, 5.74) is 7.07. The second-order valence-electron chi connectivity index (χ2n) is 3.33. The fourth-order valence-electron chi connectivity index (χ4n) is 1.35. The van der Waals surface area contributed by atoms with E-state index in [1.54, 1.807) is 17.6 Å². The molecule has 0 aliphatic heterocycles. The lowest BCUT2D eigenvalue weighted by Gasteiger charge is -2.06. The highest BCUT2D eigenvalue weighted by Gasteiger charge is 2.15. The molecule has 1 atom stereocenters. The summed E-state index contributed by atoms with van der Waals surface area (Å²) in [6, 6.07) is 1.71. The highest BCUT2D eigenvalue weighted by atomic mass is 79.9. The second kappa shape index (κ2) is 4.47. The number of nitrogens with zero attached hydrogens (tertiary/aromatic N) is 1. The Morgan fingerprint density at radius 2 is 2.47 bits per heavy atom. The van der Waals surface area contributed by atoms with Crippen LogP contribution in [0.4, 0.5) is 0 Å². The number of nitrogens with two attached hydrogens (primary N) is 1. The van der Waals surface area contributed by atoms with Gasteiger partial charge in [-0.1, -0.05) is 0 Å². The fourth-order valence-corrected chi connectivity index (χ4v) is 2.67. The van der Waals surface area contributed by atoms with Crippen LogP contribution in [0.15, 0.2) is 26.6 Å². The highest BCUT2D eigenvalue weighted by molar-refractivity contribution is 9.10. The monoisotopic (exact) mass is 286 g/mol. The lowest BCUT2D eigenvalue weighted by molar-refractivity contribution is 0.462. The Kier molecular flexibility index (Phi) is 3.23. The van der Waals surface area contributed by atoms with Gasteiger partial charge in [-0.15, -0.1) is 11.3 Å². The van der Waals surface area contributed by atoms with Gasteiger partial charge in [0.2, 0.25) is 0 Å². The van der Waals surface area contributed by atoms with Crippen LogP contribution in [0.3, 0.4) is 0 Å². The first-order valence-corrected chi connectivity index (χ1v) is 6.23. The topological polar surface area (TPSA) is 52.0 Å². The molecule has 0 saturated carbocycles. The van der Waals surface area contributed by atoms with Gasteiger partial charge in [0.15, 0.2) is 0 Å². The van der Waals surface area contributed by atoms with E-state index in [2.05, 4.69) is 20.9 Å². The summed E-state index contributed by atoms with van der Waals surface area (Å²) in [5, 5.41) is 3.07. The molecular weight excluding hydrogens is 276 g/mol. The molecule has 15 heavy (non-hydrogen) atoms. The van der Waals surface area contributed by atoms with Crippen molar-refractivity contribution in [1.82, 2.24) is 4.98 Å². The molecule has 0 bridgehead atoms. The molecule has 5 heteroatoms. The van der Waals surface area contributed by atoms with Crippen molar-refractivity contribution in [2.45, 2.75) is 19.4 Å². The molecule has 2 aromatic rings. The third-order valence-corrected chi connectivity index (χ3v) is 3.69. The summed E-state index contributed by atoms with van der Waals surface area (Å²) < 4.78 is 6.23. The summed E-state index contributed by atoms with van der Waals surface area (Å²) in [6.45, 7) is 1.98. The minimum absolute atomic E-state index is 0.139. The lowest BCUT2D eigenvalue weighted by atomic mass is 10.2. The standard InChI is InChI=1S/C10H11BrN2OS/c1-6-5-15-9(13-6)4-8(12)10-7(11)2-3-14-10/h2-3,5,8H,4,12H2,1H3. The zero-order valence-electron chi connectivity index (χ0n) is 8.24. The van der Waals surface area contributed by atoms with Gasteiger partial charge >= 0.3 is 0 Å². The van der Waals surface area contributed by atoms with E-state index < -0.39 is 0 Å². The number of hydrogen-bond acceptors (Lipinski definition) is 4. The maximum Gasteiger partial charge on any atom is 0.135 e. The van der Waals surface area contributed by atoms with E-state index in [-0.39, 0.29) is 6.04 Å². The molecule has 0 aliphatic rings. The Balaban J connectivity index is 2.10. The number of aromatic nitrogens is 1. The first-order chi connectivity index (χ1) is 7.16. The van der Waals surface area contributed by atoms with Crippen molar-refractivity contribution >= 4 is 27.3 Å². The van der Waals surface area contributed by atoms with Crippen molar-refractivity contribution in [3.63, 3.8) is 0 Å². The zero-order chi connectivity index (χ0) is 10.8. The van der Waals surface area contributed by atoms with Crippen LogP contribution >= 0.6 is 27.3 Å². The van der Waals surface area contributed by atoms with E-state index in [1.807, 2.05) is 18.4 Å². The Morgan fingerprint density at radius 3 is 3.00 bits per heavy atom. The van der Waals surface area contributed by atoms with Gasteiger partial charge in [-0.2, -0.15) is 0 Å². The normalized spacial score (nSPS) is 13.0. The molecule has 0 amide bonds. The minimum atomic E-state index is -0.139. The molecule has 3 nitrogen and oxygen atoms in total. The van der Waals surface area contributed by atoms with Crippen LogP contribution in [0.5, 0.6) is 0 Å². The third-order valence-electron chi connectivity index (χ3n) is 2.04. The number of halogens is 1. The smallest absolute Gasteiger partial charge is 0.135 e. The summed E-state index contributed by atoms with van der Waals surface area (Å²) >= 11 is 5.03. The predicted molar refractivity (Wildman–Crippen MR) is 63.9 cm³/mol. The van der Waals surface area contributed by atoms with Crippen LogP contribution < -0.4 is 5.73 Å². The van der Waals surface area contributed by atoms with E-state index in [1.165, 1.54) is 0 Å². The first kappa shape index (κ1) is 10.9. The van der Waals surface area contributed by atoms with Crippen LogP contribution in [0.2, 0.25) is 0 Å². The van der Waals surface area contributed by atoms with Crippen LogP contribution in [-0.2, 0) is 6.42 Å². The van der Waals surface area contributed by atoms with Gasteiger partial charge in [-0.05, 0) is 28.9 Å². The molecule has 1 unspecified atom stereocenters. The molecule has 0 spiro atoms. The van der Waals surface area contributed by atoms with Crippen LogP contribution in [0, 0.1) is 6.92 Å². The number of aryl methyl sites for hydroxylation is 1. The van der Waals surface area contributed by atoms with Gasteiger partial charge in [-0.3, -0.25) is 0 Å². The molecule has 0 fully saturated rings. The summed E-state index contributed by atoms with van der Waals surface area (Å²) in [6.07, 6.45) is 2.34. The molecule has 2 aromatic heterocycles. The Morgan fingerprint density at radius 1 is 1.67 bits per heavy atom. The van der Waals surface area contributed by atoms with Crippen LogP contribution in [0.25, 0.3) is 0 Å². The maximum atomic E-state index is 6.02. The van der Waals surface area contributed by atoms with Crippen molar-refractivity contribution in [1.29, 1.82) is 0 Å². The largest absolute Gasteiger partial charge is 0.466 e. The average Bonchev–Trinajstić information content (AvgIpc) is 2.75. The molecule has 2 heterocycles. The number of thiazole rings is 1. The Labute approximate surface area is 100 Å². The first-order valence-electron chi connectivity index (χ1n) is 4.56. The molecule has 2 N–H and O–H groups in total. The number of rotatable bonds is 3. The van der Waals surface area contributed by atoms with E-state index in [0.29, 0.717) is 6.42 Å². The Hall–Kier alpha value is -0.650. The van der Waals surface area contributed by atoms with Gasteiger partial charge in [0, 0.05) is 17.5 Å². The van der Waals surface area contributed by atoms with E-state index in [9.17, 15) is 0 Å². The fraction of sp³-hybridized carbons (Fsp3) is 0.300. The van der Waals surface area contributed by atoms with Gasteiger partial charge in [0.05, 0.1) is 21.8 Å². The average molecular weight is 287 g/mol. The summed E-state index contributed by atoms with van der Waals surface area (Å²) in [4.78, 5) is 4.37.